The van der Waals surface area contributed by atoms with Gasteiger partial charge in [-0.05, 0) is 66.7 Å². The number of thiophene rings is 1. The summed E-state index contributed by atoms with van der Waals surface area (Å²) in [5.74, 6) is 0.830. The average Bonchev–Trinajstić information content (AvgIpc) is 2.89. The van der Waals surface area contributed by atoms with Crippen LogP contribution in [0.15, 0.2) is 15.9 Å². The van der Waals surface area contributed by atoms with Crippen molar-refractivity contribution < 1.29 is 0 Å². The van der Waals surface area contributed by atoms with Crippen LogP contribution in [0.1, 0.15) is 25.1 Å². The van der Waals surface area contributed by atoms with Crippen molar-refractivity contribution >= 4 is 27.3 Å². The molecule has 1 unspecified atom stereocenters. The Morgan fingerprint density at radius 1 is 1.59 bits per heavy atom. The first-order valence-corrected chi connectivity index (χ1v) is 8.00. The van der Waals surface area contributed by atoms with E-state index in [4.69, 9.17) is 0 Å². The normalized spacial score (nSPS) is 21.5. The molecule has 17 heavy (non-hydrogen) atoms. The topological polar surface area (TPSA) is 15.3 Å². The van der Waals surface area contributed by atoms with Gasteiger partial charge in [-0.3, -0.25) is 0 Å². The molecule has 2 heterocycles. The fraction of sp³-hybridized carbons (Fsp3) is 0.692. The minimum atomic E-state index is 0.700. The number of halogens is 1. The number of nitrogens with zero attached hydrogens (tertiary/aromatic N) is 1. The molecule has 0 saturated carbocycles. The summed E-state index contributed by atoms with van der Waals surface area (Å²) in [6.45, 7) is 9.25. The van der Waals surface area contributed by atoms with Gasteiger partial charge in [-0.2, -0.15) is 0 Å². The molecule has 96 valence electrons. The minimum absolute atomic E-state index is 0.700. The summed E-state index contributed by atoms with van der Waals surface area (Å²) in [5, 5.41) is 5.72. The fourth-order valence-corrected chi connectivity index (χ4v) is 3.80. The van der Waals surface area contributed by atoms with Gasteiger partial charge in [0.15, 0.2) is 0 Å². The molecule has 0 spiro atoms. The number of nitrogens with one attached hydrogen (secondary N) is 1. The minimum Gasteiger partial charge on any atom is -0.311 e. The van der Waals surface area contributed by atoms with Gasteiger partial charge in [-0.25, -0.2) is 0 Å². The van der Waals surface area contributed by atoms with Crippen LogP contribution in [0, 0.1) is 5.92 Å². The molecule has 1 atom stereocenters. The third-order valence-electron chi connectivity index (χ3n) is 3.46. The van der Waals surface area contributed by atoms with Crippen LogP contribution >= 0.6 is 27.3 Å². The van der Waals surface area contributed by atoms with Gasteiger partial charge in [-0.1, -0.05) is 0 Å². The van der Waals surface area contributed by atoms with Crippen molar-refractivity contribution in [3.8, 4) is 0 Å². The van der Waals surface area contributed by atoms with Crippen molar-refractivity contribution in [2.75, 3.05) is 19.6 Å². The van der Waals surface area contributed by atoms with E-state index in [-0.39, 0.29) is 0 Å². The average molecular weight is 317 g/mol. The highest BCUT2D eigenvalue weighted by molar-refractivity contribution is 9.10. The zero-order chi connectivity index (χ0) is 12.3. The van der Waals surface area contributed by atoms with Crippen LogP contribution in [-0.2, 0) is 6.54 Å². The first kappa shape index (κ1) is 13.5. The molecule has 1 aliphatic rings. The van der Waals surface area contributed by atoms with Crippen LogP contribution in [0.3, 0.4) is 0 Å². The van der Waals surface area contributed by atoms with Gasteiger partial charge in [0, 0.05) is 28.5 Å². The van der Waals surface area contributed by atoms with Crippen LogP contribution in [0.2, 0.25) is 0 Å². The Morgan fingerprint density at radius 3 is 3.00 bits per heavy atom. The second-order valence-electron chi connectivity index (χ2n) is 5.07. The van der Waals surface area contributed by atoms with Crippen LogP contribution in [0.4, 0.5) is 0 Å². The van der Waals surface area contributed by atoms with E-state index in [0.29, 0.717) is 6.04 Å². The quantitative estimate of drug-likeness (QED) is 0.896. The SMILES string of the molecule is CC(C)N1CCC(CNCc2sccc2Br)C1. The van der Waals surface area contributed by atoms with E-state index in [1.165, 1.54) is 28.9 Å². The lowest BCUT2D eigenvalue weighted by molar-refractivity contribution is 0.264. The molecule has 2 nitrogen and oxygen atoms in total. The summed E-state index contributed by atoms with van der Waals surface area (Å²) in [5.41, 5.74) is 0. The number of hydrogen-bond acceptors (Lipinski definition) is 3. The zero-order valence-corrected chi connectivity index (χ0v) is 13.0. The highest BCUT2D eigenvalue weighted by atomic mass is 79.9. The maximum atomic E-state index is 3.58. The summed E-state index contributed by atoms with van der Waals surface area (Å²) in [7, 11) is 0. The summed E-state index contributed by atoms with van der Waals surface area (Å²) in [4.78, 5) is 3.98. The zero-order valence-electron chi connectivity index (χ0n) is 10.6. The molecule has 0 radical (unpaired) electrons. The smallest absolute Gasteiger partial charge is 0.0327 e. The van der Waals surface area contributed by atoms with Crippen molar-refractivity contribution in [3.05, 3.63) is 20.8 Å². The Kier molecular flexibility index (Phi) is 5.03. The van der Waals surface area contributed by atoms with Gasteiger partial charge in [-0.15, -0.1) is 11.3 Å². The molecule has 0 bridgehead atoms. The van der Waals surface area contributed by atoms with Crippen molar-refractivity contribution in [2.45, 2.75) is 32.9 Å². The lowest BCUT2D eigenvalue weighted by Gasteiger charge is -2.20. The molecule has 1 saturated heterocycles. The molecular formula is C13H21BrN2S. The first-order valence-electron chi connectivity index (χ1n) is 6.33. The third-order valence-corrected chi connectivity index (χ3v) is 5.38. The van der Waals surface area contributed by atoms with E-state index < -0.39 is 0 Å². The molecule has 4 heteroatoms. The molecule has 1 fully saturated rings. The lowest BCUT2D eigenvalue weighted by Crippen LogP contribution is -2.30. The predicted molar refractivity (Wildman–Crippen MR) is 78.5 cm³/mol. The second kappa shape index (κ2) is 6.32. The van der Waals surface area contributed by atoms with Crippen molar-refractivity contribution in [3.63, 3.8) is 0 Å². The predicted octanol–water partition coefficient (Wildman–Crippen LogP) is 3.33. The summed E-state index contributed by atoms with van der Waals surface area (Å²) in [6.07, 6.45) is 1.34. The van der Waals surface area contributed by atoms with Crippen LogP contribution < -0.4 is 5.32 Å². The van der Waals surface area contributed by atoms with Gasteiger partial charge in [0.2, 0.25) is 0 Å². The first-order chi connectivity index (χ1) is 8.16. The van der Waals surface area contributed by atoms with E-state index in [1.54, 1.807) is 0 Å². The van der Waals surface area contributed by atoms with E-state index in [9.17, 15) is 0 Å². The fourth-order valence-electron chi connectivity index (χ4n) is 2.34. The summed E-state index contributed by atoms with van der Waals surface area (Å²) < 4.78 is 1.24. The monoisotopic (exact) mass is 316 g/mol. The van der Waals surface area contributed by atoms with Crippen LogP contribution in [-0.4, -0.2) is 30.6 Å². The molecule has 1 aromatic rings. The molecule has 0 aliphatic carbocycles. The van der Waals surface area contributed by atoms with Gasteiger partial charge in [0.25, 0.3) is 0 Å². The Morgan fingerprint density at radius 2 is 2.41 bits per heavy atom. The Hall–Kier alpha value is 0.100. The largest absolute Gasteiger partial charge is 0.311 e. The van der Waals surface area contributed by atoms with Gasteiger partial charge < -0.3 is 10.2 Å². The van der Waals surface area contributed by atoms with E-state index in [2.05, 4.69) is 51.4 Å². The number of likely N-dealkylation sites (tertiary alicyclic amines) is 1. The molecular weight excluding hydrogens is 296 g/mol. The summed E-state index contributed by atoms with van der Waals surface area (Å²) >= 11 is 5.39. The van der Waals surface area contributed by atoms with E-state index in [0.717, 1.165) is 19.0 Å². The van der Waals surface area contributed by atoms with Gasteiger partial charge in [0.1, 0.15) is 0 Å². The number of rotatable bonds is 5. The van der Waals surface area contributed by atoms with Crippen LogP contribution in [0.25, 0.3) is 0 Å². The highest BCUT2D eigenvalue weighted by Gasteiger charge is 2.23. The summed E-state index contributed by atoms with van der Waals surface area (Å²) in [6, 6.07) is 2.82. The number of hydrogen-bond donors (Lipinski definition) is 1. The Balaban J connectivity index is 1.68. The standard InChI is InChI=1S/C13H21BrN2S/c1-10(2)16-5-3-11(9-16)7-15-8-13-12(14)4-6-17-13/h4,6,10-11,15H,3,5,7-9H2,1-2H3. The van der Waals surface area contributed by atoms with Gasteiger partial charge >= 0.3 is 0 Å². The van der Waals surface area contributed by atoms with E-state index >= 15 is 0 Å². The Bertz CT molecular complexity index is 351. The third kappa shape index (κ3) is 3.78. The molecule has 1 aliphatic heterocycles. The Labute approximate surface area is 117 Å². The molecule has 1 aromatic heterocycles. The molecule has 0 aromatic carbocycles. The maximum absolute atomic E-state index is 3.58. The molecule has 2 rings (SSSR count). The van der Waals surface area contributed by atoms with Gasteiger partial charge in [0.05, 0.1) is 0 Å². The molecule has 1 N–H and O–H groups in total. The maximum Gasteiger partial charge on any atom is 0.0327 e. The van der Waals surface area contributed by atoms with E-state index in [1.807, 2.05) is 11.3 Å². The van der Waals surface area contributed by atoms with Crippen LogP contribution in [0.5, 0.6) is 0 Å². The highest BCUT2D eigenvalue weighted by Crippen LogP contribution is 2.22. The van der Waals surface area contributed by atoms with Crippen molar-refractivity contribution in [1.82, 2.24) is 10.2 Å². The van der Waals surface area contributed by atoms with Crippen molar-refractivity contribution in [2.24, 2.45) is 5.92 Å². The lowest BCUT2D eigenvalue weighted by atomic mass is 10.1. The second-order valence-corrected chi connectivity index (χ2v) is 6.92. The molecule has 0 amide bonds. The van der Waals surface area contributed by atoms with Crippen molar-refractivity contribution in [1.29, 1.82) is 0 Å².